The molecule has 0 spiro atoms. The van der Waals surface area contributed by atoms with Crippen molar-refractivity contribution in [2.45, 2.75) is 6.92 Å². The van der Waals surface area contributed by atoms with Crippen LogP contribution in [0.1, 0.15) is 6.92 Å². The summed E-state index contributed by atoms with van der Waals surface area (Å²) in [5, 5.41) is 16.9. The molecule has 8 heavy (non-hydrogen) atoms. The predicted molar refractivity (Wildman–Crippen MR) is 34.1 cm³/mol. The third-order valence-electron chi connectivity index (χ3n) is 0.867. The fraction of sp³-hybridized carbons (Fsp3) is 0.200. The van der Waals surface area contributed by atoms with Gasteiger partial charge in [0.05, 0.1) is 0 Å². The van der Waals surface area contributed by atoms with Crippen molar-refractivity contribution < 1.29 is 10.0 Å². The summed E-state index contributed by atoms with van der Waals surface area (Å²) in [6, 6.07) is 0. The largest absolute Gasteiger partial charge is 0.488 e. The molecular weight excluding hydrogens is 103 g/mol. The number of hydrogen-bond acceptors (Lipinski definition) is 2. The van der Waals surface area contributed by atoms with E-state index in [2.05, 4.69) is 6.58 Å². The molecule has 0 saturated carbocycles. The van der Waals surface area contributed by atoms with Crippen LogP contribution in [0, 0.1) is 0 Å². The highest BCUT2D eigenvalue weighted by Crippen LogP contribution is 1.94. The summed E-state index contributed by atoms with van der Waals surface area (Å²) in [5.41, 5.74) is 0.435. The van der Waals surface area contributed by atoms with E-state index in [1.807, 2.05) is 0 Å². The molecule has 2 N–H and O–H groups in total. The zero-order valence-corrected chi connectivity index (χ0v) is 4.83. The average Bonchev–Trinajstić information content (AvgIpc) is 1.69. The minimum atomic E-state index is -1.38. The second-order valence-electron chi connectivity index (χ2n) is 1.37. The highest BCUT2D eigenvalue weighted by molar-refractivity contribution is 6.51. The van der Waals surface area contributed by atoms with Crippen LogP contribution in [-0.2, 0) is 0 Å². The molecule has 2 nitrogen and oxygen atoms in total. The molecule has 0 bridgehead atoms. The topological polar surface area (TPSA) is 40.5 Å². The number of hydrogen-bond donors (Lipinski definition) is 2. The predicted octanol–water partition coefficient (Wildman–Crippen LogP) is 0.131. The Morgan fingerprint density at radius 3 is 2.12 bits per heavy atom. The van der Waals surface area contributed by atoms with Gasteiger partial charge in [0.15, 0.2) is 0 Å². The van der Waals surface area contributed by atoms with Crippen molar-refractivity contribution in [3.8, 4) is 0 Å². The Morgan fingerprint density at radius 2 is 2.12 bits per heavy atom. The lowest BCUT2D eigenvalue weighted by Gasteiger charge is -1.94. The molecule has 0 atom stereocenters. The molecule has 0 fully saturated rings. The minimum absolute atomic E-state index is 0.435. The molecule has 0 aromatic heterocycles. The lowest BCUT2D eigenvalue weighted by Crippen LogP contribution is -2.12. The van der Waals surface area contributed by atoms with Crippen molar-refractivity contribution in [3.05, 3.63) is 24.2 Å². The summed E-state index contributed by atoms with van der Waals surface area (Å²) in [6.45, 7) is 5.08. The van der Waals surface area contributed by atoms with Gasteiger partial charge in [-0.25, -0.2) is 0 Å². The number of allylic oxidation sites excluding steroid dienone is 3. The third kappa shape index (κ3) is 1.96. The normalized spacial score (nSPS) is 11.1. The number of rotatable bonds is 2. The first-order valence-electron chi connectivity index (χ1n) is 2.37. The van der Waals surface area contributed by atoms with E-state index in [4.69, 9.17) is 10.0 Å². The smallest absolute Gasteiger partial charge is 0.423 e. The molecule has 0 aliphatic heterocycles. The van der Waals surface area contributed by atoms with Gasteiger partial charge in [0.1, 0.15) is 0 Å². The van der Waals surface area contributed by atoms with Crippen molar-refractivity contribution in [1.29, 1.82) is 0 Å². The van der Waals surface area contributed by atoms with Gasteiger partial charge in [0.2, 0.25) is 0 Å². The molecule has 0 unspecified atom stereocenters. The maximum Gasteiger partial charge on any atom is 0.488 e. The molecule has 0 aliphatic rings. The van der Waals surface area contributed by atoms with E-state index < -0.39 is 7.12 Å². The van der Waals surface area contributed by atoms with E-state index >= 15 is 0 Å². The van der Waals surface area contributed by atoms with Crippen molar-refractivity contribution in [2.75, 3.05) is 0 Å². The van der Waals surface area contributed by atoms with Gasteiger partial charge in [-0.15, -0.1) is 0 Å². The quantitative estimate of drug-likeness (QED) is 0.393. The first-order valence-corrected chi connectivity index (χ1v) is 2.37. The van der Waals surface area contributed by atoms with Crippen LogP contribution in [0.3, 0.4) is 0 Å². The van der Waals surface area contributed by atoms with Gasteiger partial charge in [-0.3, -0.25) is 0 Å². The van der Waals surface area contributed by atoms with E-state index in [0.717, 1.165) is 0 Å². The van der Waals surface area contributed by atoms with Gasteiger partial charge in [-0.1, -0.05) is 18.7 Å². The third-order valence-corrected chi connectivity index (χ3v) is 0.867. The summed E-state index contributed by atoms with van der Waals surface area (Å²) in [4.78, 5) is 0. The van der Waals surface area contributed by atoms with Gasteiger partial charge in [-0.2, -0.15) is 0 Å². The van der Waals surface area contributed by atoms with Crippen molar-refractivity contribution in [3.63, 3.8) is 0 Å². The van der Waals surface area contributed by atoms with Gasteiger partial charge in [0, 0.05) is 0 Å². The SMILES string of the molecule is C=C/C(=C\C)B(O)O. The molecule has 0 aliphatic carbocycles. The molecule has 0 aromatic rings. The standard InChI is InChI=1S/C5H9BO2/c1-3-5(4-2)6(7)8/h3-4,7-8H,1H2,2H3/b5-4+. The maximum atomic E-state index is 8.43. The Balaban J connectivity index is 3.91. The molecule has 0 aromatic carbocycles. The molecule has 0 saturated heterocycles. The summed E-state index contributed by atoms with van der Waals surface area (Å²) >= 11 is 0. The Bertz CT molecular complexity index is 107. The molecule has 0 amide bonds. The van der Waals surface area contributed by atoms with Gasteiger partial charge >= 0.3 is 7.12 Å². The van der Waals surface area contributed by atoms with E-state index in [0.29, 0.717) is 5.47 Å². The summed E-state index contributed by atoms with van der Waals surface area (Å²) in [5.74, 6) is 0. The zero-order chi connectivity index (χ0) is 6.57. The van der Waals surface area contributed by atoms with Crippen LogP contribution in [-0.4, -0.2) is 17.2 Å². The van der Waals surface area contributed by atoms with Crippen LogP contribution in [0.25, 0.3) is 0 Å². The molecule has 0 radical (unpaired) electrons. The highest BCUT2D eigenvalue weighted by Gasteiger charge is 2.08. The Labute approximate surface area is 49.3 Å². The van der Waals surface area contributed by atoms with Crippen LogP contribution in [0.5, 0.6) is 0 Å². The van der Waals surface area contributed by atoms with Gasteiger partial charge in [-0.05, 0) is 12.4 Å². The minimum Gasteiger partial charge on any atom is -0.423 e. The van der Waals surface area contributed by atoms with E-state index in [9.17, 15) is 0 Å². The Hall–Kier alpha value is -0.535. The van der Waals surface area contributed by atoms with Crippen LogP contribution < -0.4 is 0 Å². The second kappa shape index (κ2) is 3.46. The fourth-order valence-electron chi connectivity index (χ4n) is 0.372. The zero-order valence-electron chi connectivity index (χ0n) is 4.83. The summed E-state index contributed by atoms with van der Waals surface area (Å²) < 4.78 is 0. The van der Waals surface area contributed by atoms with Gasteiger partial charge < -0.3 is 10.0 Å². The molecule has 3 heteroatoms. The second-order valence-corrected chi connectivity index (χ2v) is 1.37. The highest BCUT2D eigenvalue weighted by atomic mass is 16.4. The van der Waals surface area contributed by atoms with Gasteiger partial charge in [0.25, 0.3) is 0 Å². The van der Waals surface area contributed by atoms with E-state index in [1.54, 1.807) is 13.0 Å². The van der Waals surface area contributed by atoms with Crippen molar-refractivity contribution in [2.24, 2.45) is 0 Å². The molecular formula is C5H9BO2. The maximum absolute atomic E-state index is 8.43. The average molecular weight is 112 g/mol. The van der Waals surface area contributed by atoms with Crippen LogP contribution in [0.4, 0.5) is 0 Å². The molecule has 0 rings (SSSR count). The van der Waals surface area contributed by atoms with Crippen LogP contribution in [0.15, 0.2) is 24.2 Å². The lowest BCUT2D eigenvalue weighted by molar-refractivity contribution is 0.420. The molecule has 0 heterocycles. The lowest BCUT2D eigenvalue weighted by atomic mass is 9.79. The summed E-state index contributed by atoms with van der Waals surface area (Å²) in [7, 11) is -1.38. The molecule has 44 valence electrons. The van der Waals surface area contributed by atoms with Crippen molar-refractivity contribution >= 4 is 7.12 Å². The van der Waals surface area contributed by atoms with Crippen molar-refractivity contribution in [1.82, 2.24) is 0 Å². The van der Waals surface area contributed by atoms with Crippen LogP contribution >= 0.6 is 0 Å². The summed E-state index contributed by atoms with van der Waals surface area (Å²) in [6.07, 6.45) is 3.00. The van der Waals surface area contributed by atoms with E-state index in [1.165, 1.54) is 6.08 Å². The fourth-order valence-corrected chi connectivity index (χ4v) is 0.372. The Kier molecular flexibility index (Phi) is 3.23. The Morgan fingerprint density at radius 1 is 1.62 bits per heavy atom. The monoisotopic (exact) mass is 112 g/mol. The first-order chi connectivity index (χ1) is 3.72. The first kappa shape index (κ1) is 7.46. The van der Waals surface area contributed by atoms with E-state index in [-0.39, 0.29) is 0 Å². The van der Waals surface area contributed by atoms with Crippen LogP contribution in [0.2, 0.25) is 0 Å².